The van der Waals surface area contributed by atoms with Crippen LogP contribution < -0.4 is 15.8 Å². The van der Waals surface area contributed by atoms with Crippen LogP contribution in [0.25, 0.3) is 0 Å². The summed E-state index contributed by atoms with van der Waals surface area (Å²) in [5.74, 6) is 1.81. The normalized spacial score (nSPS) is 20.5. The molecule has 2 heterocycles. The second kappa shape index (κ2) is 13.9. The summed E-state index contributed by atoms with van der Waals surface area (Å²) < 4.78 is 20.3. The highest BCUT2D eigenvalue weighted by molar-refractivity contribution is 7.82. The summed E-state index contributed by atoms with van der Waals surface area (Å²) in [6.07, 6.45) is 5.83. The Kier molecular flexibility index (Phi) is 11.0. The molecule has 1 amide bonds. The van der Waals surface area contributed by atoms with Crippen molar-refractivity contribution in [3.8, 4) is 5.75 Å². The van der Waals surface area contributed by atoms with Gasteiger partial charge in [-0.05, 0) is 81.8 Å². The van der Waals surface area contributed by atoms with E-state index >= 15 is 0 Å². The summed E-state index contributed by atoms with van der Waals surface area (Å²) in [4.78, 5) is 25.1. The van der Waals surface area contributed by atoms with Crippen molar-refractivity contribution in [2.75, 3.05) is 45.5 Å². The number of ether oxygens (including phenoxy) is 1. The highest BCUT2D eigenvalue weighted by atomic mass is 32.2. The third-order valence-electron chi connectivity index (χ3n) is 6.89. The van der Waals surface area contributed by atoms with Crippen LogP contribution in [-0.4, -0.2) is 83.3 Å². The van der Waals surface area contributed by atoms with E-state index in [0.717, 1.165) is 76.9 Å². The Morgan fingerprint density at radius 2 is 1.85 bits per heavy atom. The summed E-state index contributed by atoms with van der Waals surface area (Å²) in [5.41, 5.74) is 7.24. The number of hydrogen-bond donors (Lipinski definition) is 2. The summed E-state index contributed by atoms with van der Waals surface area (Å²) in [6, 6.07) is 8.28. The van der Waals surface area contributed by atoms with E-state index in [-0.39, 0.29) is 18.4 Å². The predicted octanol–water partition coefficient (Wildman–Crippen LogP) is 1.82. The van der Waals surface area contributed by atoms with Crippen molar-refractivity contribution in [2.45, 2.75) is 63.0 Å². The average Bonchev–Trinajstić information content (AvgIpc) is 2.87. The molecule has 1 aromatic carbocycles. The van der Waals surface area contributed by atoms with Gasteiger partial charge in [-0.2, -0.15) is 0 Å². The van der Waals surface area contributed by atoms with Gasteiger partial charge in [0.15, 0.2) is 12.4 Å². The summed E-state index contributed by atoms with van der Waals surface area (Å²) >= 11 is 0. The highest BCUT2D eigenvalue weighted by Crippen LogP contribution is 2.29. The van der Waals surface area contributed by atoms with Crippen LogP contribution in [0.1, 0.15) is 56.4 Å². The first-order valence-electron chi connectivity index (χ1n) is 12.5. The fourth-order valence-electron chi connectivity index (χ4n) is 4.66. The maximum Gasteiger partial charge on any atom is 0.219 e. The zero-order valence-corrected chi connectivity index (χ0v) is 21.1. The van der Waals surface area contributed by atoms with Crippen molar-refractivity contribution in [1.82, 2.24) is 14.5 Å². The van der Waals surface area contributed by atoms with Gasteiger partial charge in [-0.15, -0.1) is 0 Å². The standard InChI is InChI=1S/C25H40N4O4S/c1-27-25(31)8-7-24(19-30)33-23-5-3-20(4-6-23)21-9-14-28(15-10-21)13-2-18-34(32)29-16-11-22(26)12-17-29/h3-6,19,21-22,24H,2,7-18,26H2,1H3,(H,27,31). The average molecular weight is 493 g/mol. The molecule has 2 unspecified atom stereocenters. The van der Waals surface area contributed by atoms with Gasteiger partial charge in [0, 0.05) is 38.4 Å². The van der Waals surface area contributed by atoms with Crippen LogP contribution >= 0.6 is 0 Å². The second-order valence-corrected chi connectivity index (χ2v) is 10.9. The van der Waals surface area contributed by atoms with Gasteiger partial charge in [-0.25, -0.2) is 8.51 Å². The Hall–Kier alpha value is -1.81. The quantitative estimate of drug-likeness (QED) is 0.431. The van der Waals surface area contributed by atoms with E-state index in [9.17, 15) is 13.8 Å². The highest BCUT2D eigenvalue weighted by Gasteiger charge is 2.23. The first-order chi connectivity index (χ1) is 16.5. The van der Waals surface area contributed by atoms with Crippen LogP contribution in [0.15, 0.2) is 24.3 Å². The maximum absolute atomic E-state index is 12.5. The summed E-state index contributed by atoms with van der Waals surface area (Å²) in [7, 11) is 0.704. The zero-order valence-electron chi connectivity index (χ0n) is 20.3. The molecule has 3 N–H and O–H groups in total. The Morgan fingerprint density at radius 1 is 1.18 bits per heavy atom. The summed E-state index contributed by atoms with van der Waals surface area (Å²) in [5, 5.41) is 2.55. The smallest absolute Gasteiger partial charge is 0.219 e. The third kappa shape index (κ3) is 8.45. The van der Waals surface area contributed by atoms with E-state index in [1.54, 1.807) is 7.05 Å². The SMILES string of the molecule is CNC(=O)CCC(C=O)Oc1ccc(C2CCN(CCCS(=O)N3CCC(N)CC3)CC2)cc1. The van der Waals surface area contributed by atoms with Gasteiger partial charge in [-0.1, -0.05) is 12.1 Å². The van der Waals surface area contributed by atoms with Crippen LogP contribution in [0.5, 0.6) is 5.75 Å². The molecule has 0 bridgehead atoms. The van der Waals surface area contributed by atoms with Gasteiger partial charge in [0.25, 0.3) is 0 Å². The zero-order chi connectivity index (χ0) is 24.3. The number of nitrogens with one attached hydrogen (secondary N) is 1. The number of amides is 1. The topological polar surface area (TPSA) is 105 Å². The van der Waals surface area contributed by atoms with E-state index in [1.807, 2.05) is 12.1 Å². The van der Waals surface area contributed by atoms with Gasteiger partial charge in [0.05, 0.1) is 11.0 Å². The maximum atomic E-state index is 12.5. The number of rotatable bonds is 12. The fourth-order valence-corrected chi connectivity index (χ4v) is 5.91. The van der Waals surface area contributed by atoms with Crippen LogP contribution in [-0.2, 0) is 20.6 Å². The molecule has 2 saturated heterocycles. The van der Waals surface area contributed by atoms with Crippen LogP contribution in [0.2, 0.25) is 0 Å². The lowest BCUT2D eigenvalue weighted by atomic mass is 9.89. The largest absolute Gasteiger partial charge is 0.483 e. The first-order valence-corrected chi connectivity index (χ1v) is 13.8. The van der Waals surface area contributed by atoms with Crippen LogP contribution in [0.3, 0.4) is 0 Å². The Labute approximate surface area is 206 Å². The minimum atomic E-state index is -0.877. The van der Waals surface area contributed by atoms with Crippen LogP contribution in [0, 0.1) is 0 Å². The number of nitrogens with two attached hydrogens (primary N) is 1. The number of carbonyl (C=O) groups is 2. The van der Waals surface area contributed by atoms with E-state index < -0.39 is 17.1 Å². The molecule has 0 spiro atoms. The van der Waals surface area contributed by atoms with Gasteiger partial charge in [-0.3, -0.25) is 9.59 Å². The van der Waals surface area contributed by atoms with Gasteiger partial charge in [0.2, 0.25) is 5.91 Å². The monoisotopic (exact) mass is 492 g/mol. The second-order valence-electron chi connectivity index (χ2n) is 9.33. The van der Waals surface area contributed by atoms with Crippen LogP contribution in [0.4, 0.5) is 0 Å². The molecule has 1 aromatic rings. The molecule has 0 aromatic heterocycles. The number of carbonyl (C=O) groups excluding carboxylic acids is 2. The Morgan fingerprint density at radius 3 is 2.47 bits per heavy atom. The third-order valence-corrected chi connectivity index (χ3v) is 8.47. The number of aldehydes is 1. The number of nitrogens with zero attached hydrogens (tertiary/aromatic N) is 2. The van der Waals surface area contributed by atoms with Crippen molar-refractivity contribution in [3.05, 3.63) is 29.8 Å². The molecule has 34 heavy (non-hydrogen) atoms. The van der Waals surface area contributed by atoms with Gasteiger partial charge < -0.3 is 20.7 Å². The minimum Gasteiger partial charge on any atom is -0.483 e. The molecule has 2 aliphatic rings. The lowest BCUT2D eigenvalue weighted by Gasteiger charge is -2.32. The lowest BCUT2D eigenvalue weighted by molar-refractivity contribution is -0.121. The summed E-state index contributed by atoms with van der Waals surface area (Å²) in [6.45, 7) is 4.83. The Balaban J connectivity index is 1.35. The van der Waals surface area contributed by atoms with Gasteiger partial charge >= 0.3 is 0 Å². The van der Waals surface area contributed by atoms with Crippen molar-refractivity contribution in [1.29, 1.82) is 0 Å². The van der Waals surface area contributed by atoms with E-state index in [1.165, 1.54) is 5.56 Å². The fraction of sp³-hybridized carbons (Fsp3) is 0.680. The number of hydrogen-bond acceptors (Lipinski definition) is 6. The molecule has 0 aliphatic carbocycles. The number of piperidine rings is 2. The van der Waals surface area contributed by atoms with E-state index in [4.69, 9.17) is 10.5 Å². The Bertz CT molecular complexity index is 791. The van der Waals surface area contributed by atoms with Crippen molar-refractivity contribution >= 4 is 23.2 Å². The molecular weight excluding hydrogens is 452 g/mol. The molecule has 2 atom stereocenters. The first kappa shape index (κ1) is 26.8. The van der Waals surface area contributed by atoms with E-state index in [0.29, 0.717) is 18.1 Å². The predicted molar refractivity (Wildman–Crippen MR) is 135 cm³/mol. The molecule has 2 fully saturated rings. The molecule has 0 saturated carbocycles. The number of benzene rings is 1. The van der Waals surface area contributed by atoms with E-state index in [2.05, 4.69) is 26.7 Å². The lowest BCUT2D eigenvalue weighted by Crippen LogP contribution is -2.41. The molecule has 0 radical (unpaired) electrons. The molecule has 3 rings (SSSR count). The minimum absolute atomic E-state index is 0.0994. The van der Waals surface area contributed by atoms with Crippen molar-refractivity contribution in [3.63, 3.8) is 0 Å². The molecule has 8 nitrogen and oxygen atoms in total. The van der Waals surface area contributed by atoms with Crippen molar-refractivity contribution in [2.24, 2.45) is 5.73 Å². The molecule has 9 heteroatoms. The molecular formula is C25H40N4O4S. The molecule has 2 aliphatic heterocycles. The number of likely N-dealkylation sites (tertiary alicyclic amines) is 1. The van der Waals surface area contributed by atoms with Crippen molar-refractivity contribution < 1.29 is 18.5 Å². The van der Waals surface area contributed by atoms with Gasteiger partial charge in [0.1, 0.15) is 5.75 Å². The molecule has 190 valence electrons.